The quantitative estimate of drug-likeness (QED) is 0.633. The van der Waals surface area contributed by atoms with Gasteiger partial charge in [-0.1, -0.05) is 36.4 Å². The van der Waals surface area contributed by atoms with Crippen LogP contribution in [0.3, 0.4) is 0 Å². The summed E-state index contributed by atoms with van der Waals surface area (Å²) in [5.41, 5.74) is 1.93. The van der Waals surface area contributed by atoms with Crippen LogP contribution in [0.1, 0.15) is 32.6 Å². The van der Waals surface area contributed by atoms with Crippen molar-refractivity contribution in [2.75, 3.05) is 49.5 Å². The highest BCUT2D eigenvalue weighted by Crippen LogP contribution is 2.25. The maximum Gasteiger partial charge on any atom is 0.249 e. The second-order valence-electron chi connectivity index (χ2n) is 8.47. The number of carbonyl (C=O) groups excluding carboxylic acids is 2. The maximum absolute atomic E-state index is 12.9. The number of carbonyl (C=O) groups is 2. The molecule has 1 fully saturated rings. The summed E-state index contributed by atoms with van der Waals surface area (Å²) in [5, 5.41) is 6.08. The number of hydrogen-bond donors (Lipinski definition) is 2. The zero-order chi connectivity index (χ0) is 23.0. The first kappa shape index (κ1) is 22.8. The molecule has 0 radical (unpaired) electrons. The van der Waals surface area contributed by atoms with Crippen LogP contribution in [0, 0.1) is 0 Å². The standard InChI is InChI=1S/C25H32N6O2/c1-19(32)26-12-13-27-22-18-23(29-24(28-22)20-8-4-2-5-9-20)30-14-16-31(17-15-30)25(33)21-10-6-3-7-11-21/h2,4-5,8-10,18H,3,6-7,11-17H2,1H3,(H,26,32)(H,27,28,29). The Labute approximate surface area is 195 Å². The number of anilines is 2. The number of aromatic nitrogens is 2. The number of allylic oxidation sites excluding steroid dienone is 1. The van der Waals surface area contributed by atoms with Gasteiger partial charge in [-0.25, -0.2) is 9.97 Å². The van der Waals surface area contributed by atoms with Crippen molar-refractivity contribution in [3.63, 3.8) is 0 Å². The fourth-order valence-electron chi connectivity index (χ4n) is 4.21. The molecular formula is C25H32N6O2. The Hall–Kier alpha value is -3.42. The molecule has 2 heterocycles. The smallest absolute Gasteiger partial charge is 0.249 e. The number of piperazine rings is 1. The molecule has 1 aliphatic carbocycles. The third-order valence-electron chi connectivity index (χ3n) is 6.01. The number of benzene rings is 1. The summed E-state index contributed by atoms with van der Waals surface area (Å²) < 4.78 is 0. The van der Waals surface area contributed by atoms with E-state index in [-0.39, 0.29) is 11.8 Å². The van der Waals surface area contributed by atoms with Crippen molar-refractivity contribution in [2.45, 2.75) is 32.6 Å². The lowest BCUT2D eigenvalue weighted by atomic mass is 9.98. The van der Waals surface area contributed by atoms with E-state index in [9.17, 15) is 9.59 Å². The molecule has 0 atom stereocenters. The van der Waals surface area contributed by atoms with Crippen molar-refractivity contribution in [3.05, 3.63) is 48.0 Å². The Morgan fingerprint density at radius 2 is 1.79 bits per heavy atom. The highest BCUT2D eigenvalue weighted by atomic mass is 16.2. The molecule has 1 aromatic carbocycles. The van der Waals surface area contributed by atoms with Gasteiger partial charge >= 0.3 is 0 Å². The van der Waals surface area contributed by atoms with E-state index in [1.807, 2.05) is 41.3 Å². The predicted octanol–water partition coefficient (Wildman–Crippen LogP) is 2.84. The van der Waals surface area contributed by atoms with Crippen LogP contribution in [0.25, 0.3) is 11.4 Å². The first-order valence-corrected chi connectivity index (χ1v) is 11.8. The predicted molar refractivity (Wildman–Crippen MR) is 130 cm³/mol. The average Bonchev–Trinajstić information content (AvgIpc) is 2.87. The molecule has 2 aromatic rings. The van der Waals surface area contributed by atoms with E-state index in [1.165, 1.54) is 13.3 Å². The average molecular weight is 449 g/mol. The number of hydrogen-bond acceptors (Lipinski definition) is 6. The van der Waals surface area contributed by atoms with E-state index in [4.69, 9.17) is 4.98 Å². The van der Waals surface area contributed by atoms with Gasteiger partial charge in [0.2, 0.25) is 11.8 Å². The highest BCUT2D eigenvalue weighted by Gasteiger charge is 2.25. The topological polar surface area (TPSA) is 90.5 Å². The second-order valence-corrected chi connectivity index (χ2v) is 8.47. The molecule has 33 heavy (non-hydrogen) atoms. The van der Waals surface area contributed by atoms with Crippen molar-refractivity contribution in [1.29, 1.82) is 0 Å². The molecule has 8 nitrogen and oxygen atoms in total. The van der Waals surface area contributed by atoms with Crippen LogP contribution in [0.5, 0.6) is 0 Å². The summed E-state index contributed by atoms with van der Waals surface area (Å²) >= 11 is 0. The monoisotopic (exact) mass is 448 g/mol. The molecule has 1 aliphatic heterocycles. The minimum atomic E-state index is -0.0541. The third kappa shape index (κ3) is 6.09. The summed E-state index contributed by atoms with van der Waals surface area (Å²) in [6, 6.07) is 11.8. The van der Waals surface area contributed by atoms with Crippen molar-refractivity contribution < 1.29 is 9.59 Å². The lowest BCUT2D eigenvalue weighted by Crippen LogP contribution is -2.49. The molecule has 4 rings (SSSR count). The number of nitrogens with zero attached hydrogens (tertiary/aromatic N) is 4. The molecule has 2 aliphatic rings. The summed E-state index contributed by atoms with van der Waals surface area (Å²) in [6.07, 6.45) is 6.33. The summed E-state index contributed by atoms with van der Waals surface area (Å²) in [5.74, 6) is 2.36. The van der Waals surface area contributed by atoms with Crippen LogP contribution >= 0.6 is 0 Å². The molecule has 0 saturated carbocycles. The molecule has 8 heteroatoms. The molecule has 2 N–H and O–H groups in total. The van der Waals surface area contributed by atoms with Gasteiger partial charge < -0.3 is 20.4 Å². The van der Waals surface area contributed by atoms with Crippen LogP contribution in [-0.4, -0.2) is 66.0 Å². The van der Waals surface area contributed by atoms with Crippen molar-refractivity contribution in [1.82, 2.24) is 20.2 Å². The summed E-state index contributed by atoms with van der Waals surface area (Å²) in [6.45, 7) is 5.43. The first-order chi connectivity index (χ1) is 16.1. The van der Waals surface area contributed by atoms with Gasteiger partial charge in [-0.15, -0.1) is 0 Å². The number of amides is 2. The first-order valence-electron chi connectivity index (χ1n) is 11.8. The van der Waals surface area contributed by atoms with E-state index in [1.54, 1.807) is 0 Å². The molecule has 0 unspecified atom stereocenters. The van der Waals surface area contributed by atoms with E-state index in [2.05, 4.69) is 26.6 Å². The molecular weight excluding hydrogens is 416 g/mol. The zero-order valence-corrected chi connectivity index (χ0v) is 19.2. The Balaban J connectivity index is 1.46. The lowest BCUT2D eigenvalue weighted by molar-refractivity contribution is -0.127. The molecule has 0 bridgehead atoms. The van der Waals surface area contributed by atoms with Gasteiger partial charge in [-0.05, 0) is 25.7 Å². The van der Waals surface area contributed by atoms with Gasteiger partial charge in [0.1, 0.15) is 11.6 Å². The molecule has 174 valence electrons. The fraction of sp³-hybridized carbons (Fsp3) is 0.440. The van der Waals surface area contributed by atoms with Gasteiger partial charge in [0.15, 0.2) is 5.82 Å². The van der Waals surface area contributed by atoms with Crippen LogP contribution in [0.15, 0.2) is 48.0 Å². The van der Waals surface area contributed by atoms with Gasteiger partial charge in [-0.2, -0.15) is 0 Å². The molecule has 1 aromatic heterocycles. The summed E-state index contributed by atoms with van der Waals surface area (Å²) in [7, 11) is 0. The van der Waals surface area contributed by atoms with Gasteiger partial charge in [0.05, 0.1) is 0 Å². The van der Waals surface area contributed by atoms with Crippen LogP contribution < -0.4 is 15.5 Å². The lowest BCUT2D eigenvalue weighted by Gasteiger charge is -2.36. The van der Waals surface area contributed by atoms with Crippen LogP contribution in [0.2, 0.25) is 0 Å². The van der Waals surface area contributed by atoms with Crippen molar-refractivity contribution in [3.8, 4) is 11.4 Å². The zero-order valence-electron chi connectivity index (χ0n) is 19.2. The fourth-order valence-corrected chi connectivity index (χ4v) is 4.21. The van der Waals surface area contributed by atoms with Gasteiger partial charge in [0.25, 0.3) is 0 Å². The molecule has 2 amide bonds. The van der Waals surface area contributed by atoms with Gasteiger partial charge in [0, 0.05) is 63.4 Å². The molecule has 0 spiro atoms. The molecule has 1 saturated heterocycles. The van der Waals surface area contributed by atoms with E-state index in [0.717, 1.165) is 55.1 Å². The van der Waals surface area contributed by atoms with Gasteiger partial charge in [-0.3, -0.25) is 9.59 Å². The third-order valence-corrected chi connectivity index (χ3v) is 6.01. The number of nitrogens with one attached hydrogen (secondary N) is 2. The highest BCUT2D eigenvalue weighted by molar-refractivity contribution is 5.93. The van der Waals surface area contributed by atoms with Crippen LogP contribution in [0.4, 0.5) is 11.6 Å². The Kier molecular flexibility index (Phi) is 7.55. The van der Waals surface area contributed by atoms with Crippen LogP contribution in [-0.2, 0) is 9.59 Å². The van der Waals surface area contributed by atoms with E-state index in [0.29, 0.717) is 32.0 Å². The normalized spacial score (nSPS) is 16.2. The van der Waals surface area contributed by atoms with E-state index < -0.39 is 0 Å². The maximum atomic E-state index is 12.9. The minimum absolute atomic E-state index is 0.0541. The number of rotatable bonds is 7. The van der Waals surface area contributed by atoms with Crippen molar-refractivity contribution >= 4 is 23.5 Å². The Morgan fingerprint density at radius 3 is 2.48 bits per heavy atom. The van der Waals surface area contributed by atoms with E-state index >= 15 is 0 Å². The Morgan fingerprint density at radius 1 is 1.00 bits per heavy atom. The summed E-state index contributed by atoms with van der Waals surface area (Å²) in [4.78, 5) is 37.7. The SMILES string of the molecule is CC(=O)NCCNc1cc(N2CCN(C(=O)C3=CCCCC3)CC2)nc(-c2ccccc2)n1. The Bertz CT molecular complexity index is 999. The second kappa shape index (κ2) is 10.9. The minimum Gasteiger partial charge on any atom is -0.368 e. The van der Waals surface area contributed by atoms with Crippen molar-refractivity contribution in [2.24, 2.45) is 0 Å². The largest absolute Gasteiger partial charge is 0.368 e.